The van der Waals surface area contributed by atoms with Gasteiger partial charge in [-0.1, -0.05) is 31.9 Å². The third-order valence-electron chi connectivity index (χ3n) is 5.60. The van der Waals surface area contributed by atoms with E-state index in [0.29, 0.717) is 44.9 Å². The van der Waals surface area contributed by atoms with Gasteiger partial charge in [0.15, 0.2) is 0 Å². The zero-order valence-corrected chi connectivity index (χ0v) is 18.5. The van der Waals surface area contributed by atoms with Crippen LogP contribution in [0.5, 0.6) is 0 Å². The van der Waals surface area contributed by atoms with E-state index in [9.17, 15) is 14.7 Å². The van der Waals surface area contributed by atoms with Crippen molar-refractivity contribution in [3.05, 3.63) is 12.2 Å². The van der Waals surface area contributed by atoms with E-state index in [4.69, 9.17) is 9.47 Å². The second-order valence-electron chi connectivity index (χ2n) is 8.04. The lowest BCUT2D eigenvalue weighted by atomic mass is 9.79. The molecule has 2 atom stereocenters. The lowest BCUT2D eigenvalue weighted by Gasteiger charge is -2.30. The van der Waals surface area contributed by atoms with E-state index in [1.165, 1.54) is 12.8 Å². The number of rotatable bonds is 14. The molecule has 0 saturated heterocycles. The summed E-state index contributed by atoms with van der Waals surface area (Å²) in [5, 5.41) is 13.7. The number of aliphatic hydroxyl groups is 1. The number of hydrogen-bond donors (Lipinski definition) is 2. The third-order valence-corrected chi connectivity index (χ3v) is 5.60. The minimum Gasteiger partial charge on any atom is -0.466 e. The van der Waals surface area contributed by atoms with E-state index < -0.39 is 6.04 Å². The first-order chi connectivity index (χ1) is 14.0. The molecule has 0 amide bonds. The summed E-state index contributed by atoms with van der Waals surface area (Å²) in [5.74, 6) is 0.727. The van der Waals surface area contributed by atoms with Crippen LogP contribution in [0.25, 0.3) is 0 Å². The van der Waals surface area contributed by atoms with Crippen molar-refractivity contribution in [3.8, 4) is 0 Å². The predicted molar refractivity (Wildman–Crippen MR) is 114 cm³/mol. The van der Waals surface area contributed by atoms with Gasteiger partial charge in [-0.25, -0.2) is 0 Å². The molecule has 0 spiro atoms. The maximum atomic E-state index is 12.2. The summed E-state index contributed by atoms with van der Waals surface area (Å²) in [6.45, 7) is 7.23. The molecule has 0 aliphatic heterocycles. The summed E-state index contributed by atoms with van der Waals surface area (Å²) in [6, 6.07) is -0.408. The molecular formula is C23H41NO5. The molecule has 0 aromatic carbocycles. The molecule has 1 aliphatic rings. The largest absolute Gasteiger partial charge is 0.466 e. The molecule has 168 valence electrons. The molecule has 6 heteroatoms. The summed E-state index contributed by atoms with van der Waals surface area (Å²) >= 11 is 0. The van der Waals surface area contributed by atoms with Crippen LogP contribution in [0, 0.1) is 11.8 Å². The van der Waals surface area contributed by atoms with Crippen LogP contribution in [0.1, 0.15) is 78.6 Å². The van der Waals surface area contributed by atoms with Crippen molar-refractivity contribution in [1.82, 2.24) is 5.32 Å². The zero-order chi connectivity index (χ0) is 21.5. The summed E-state index contributed by atoms with van der Waals surface area (Å²) in [7, 11) is 0. The molecular weight excluding hydrogens is 370 g/mol. The van der Waals surface area contributed by atoms with E-state index in [0.717, 1.165) is 31.6 Å². The number of carbonyl (C=O) groups excluding carboxylic acids is 2. The van der Waals surface area contributed by atoms with Gasteiger partial charge in [-0.3, -0.25) is 9.59 Å². The first kappa shape index (κ1) is 25.6. The Labute approximate surface area is 176 Å². The van der Waals surface area contributed by atoms with E-state index in [1.807, 2.05) is 12.2 Å². The molecule has 0 aromatic heterocycles. The number of esters is 2. The Balaban J connectivity index is 2.33. The van der Waals surface area contributed by atoms with Gasteiger partial charge in [-0.2, -0.15) is 0 Å². The highest BCUT2D eigenvalue weighted by Crippen LogP contribution is 2.31. The summed E-state index contributed by atoms with van der Waals surface area (Å²) in [6.07, 6.45) is 11.3. The molecule has 0 aromatic rings. The topological polar surface area (TPSA) is 84.9 Å². The first-order valence-electron chi connectivity index (χ1n) is 11.4. The molecule has 1 aliphatic carbocycles. The van der Waals surface area contributed by atoms with Crippen molar-refractivity contribution in [3.63, 3.8) is 0 Å². The van der Waals surface area contributed by atoms with Gasteiger partial charge in [-0.05, 0) is 70.8 Å². The highest BCUT2D eigenvalue weighted by molar-refractivity contribution is 5.76. The molecule has 29 heavy (non-hydrogen) atoms. The average Bonchev–Trinajstić information content (AvgIpc) is 2.69. The third kappa shape index (κ3) is 11.4. The maximum absolute atomic E-state index is 12.2. The van der Waals surface area contributed by atoms with Gasteiger partial charge in [-0.15, -0.1) is 0 Å². The van der Waals surface area contributed by atoms with Crippen LogP contribution in [-0.2, 0) is 19.1 Å². The maximum Gasteiger partial charge on any atom is 0.323 e. The Hall–Kier alpha value is -1.40. The zero-order valence-electron chi connectivity index (χ0n) is 18.5. The van der Waals surface area contributed by atoms with Crippen LogP contribution in [0.15, 0.2) is 12.2 Å². The van der Waals surface area contributed by atoms with E-state index in [1.54, 1.807) is 13.8 Å². The Morgan fingerprint density at radius 3 is 2.45 bits per heavy atom. The number of ether oxygens (including phenoxy) is 2. The molecule has 2 unspecified atom stereocenters. The highest BCUT2D eigenvalue weighted by atomic mass is 16.5. The minimum absolute atomic E-state index is 0.169. The molecule has 2 N–H and O–H groups in total. The van der Waals surface area contributed by atoms with Gasteiger partial charge in [0.2, 0.25) is 0 Å². The lowest BCUT2D eigenvalue weighted by molar-refractivity contribution is -0.145. The molecule has 1 fully saturated rings. The van der Waals surface area contributed by atoms with Crippen molar-refractivity contribution >= 4 is 11.9 Å². The van der Waals surface area contributed by atoms with Crippen molar-refractivity contribution in [2.45, 2.75) is 90.7 Å². The average molecular weight is 412 g/mol. The van der Waals surface area contributed by atoms with Crippen molar-refractivity contribution in [1.29, 1.82) is 0 Å². The van der Waals surface area contributed by atoms with E-state index in [-0.39, 0.29) is 18.0 Å². The fourth-order valence-corrected chi connectivity index (χ4v) is 3.77. The summed E-state index contributed by atoms with van der Waals surface area (Å²) < 4.78 is 10.1. The van der Waals surface area contributed by atoms with Gasteiger partial charge in [0, 0.05) is 6.42 Å². The van der Waals surface area contributed by atoms with Crippen LogP contribution in [0.4, 0.5) is 0 Å². The van der Waals surface area contributed by atoms with Crippen LogP contribution >= 0.6 is 0 Å². The Morgan fingerprint density at radius 2 is 1.79 bits per heavy atom. The van der Waals surface area contributed by atoms with Gasteiger partial charge in [0.25, 0.3) is 0 Å². The normalized spacial score (nSPS) is 21.7. The molecule has 1 saturated carbocycles. The first-order valence-corrected chi connectivity index (χ1v) is 11.4. The van der Waals surface area contributed by atoms with Crippen LogP contribution < -0.4 is 5.32 Å². The minimum atomic E-state index is -0.408. The SMILES string of the molecule is CCOC(=O)CCCC=CCC(NCCC(O)[C@H]1CC[C@H](C)CC1)C(=O)OCC. The predicted octanol–water partition coefficient (Wildman–Crippen LogP) is 3.76. The quantitative estimate of drug-likeness (QED) is 0.257. The second kappa shape index (κ2) is 15.4. The molecule has 1 rings (SSSR count). The Bertz CT molecular complexity index is 486. The molecule has 0 radical (unpaired) electrons. The van der Waals surface area contributed by atoms with E-state index in [2.05, 4.69) is 12.2 Å². The summed E-state index contributed by atoms with van der Waals surface area (Å²) in [4.78, 5) is 23.5. The monoisotopic (exact) mass is 411 g/mol. The summed E-state index contributed by atoms with van der Waals surface area (Å²) in [5.41, 5.74) is 0. The smallest absolute Gasteiger partial charge is 0.323 e. The lowest BCUT2D eigenvalue weighted by Crippen LogP contribution is -2.40. The van der Waals surface area contributed by atoms with Crippen molar-refractivity contribution in [2.24, 2.45) is 11.8 Å². The van der Waals surface area contributed by atoms with Crippen LogP contribution in [-0.4, -0.2) is 48.9 Å². The van der Waals surface area contributed by atoms with Gasteiger partial charge >= 0.3 is 11.9 Å². The molecule has 0 bridgehead atoms. The number of carbonyl (C=O) groups is 2. The van der Waals surface area contributed by atoms with Gasteiger partial charge in [0.05, 0.1) is 19.3 Å². The highest BCUT2D eigenvalue weighted by Gasteiger charge is 2.25. The van der Waals surface area contributed by atoms with Crippen LogP contribution in [0.2, 0.25) is 0 Å². The van der Waals surface area contributed by atoms with E-state index >= 15 is 0 Å². The number of nitrogens with one attached hydrogen (secondary N) is 1. The Kier molecular flexibility index (Phi) is 13.7. The second-order valence-corrected chi connectivity index (χ2v) is 8.04. The number of hydrogen-bond acceptors (Lipinski definition) is 6. The number of allylic oxidation sites excluding steroid dienone is 1. The number of aliphatic hydroxyl groups excluding tert-OH is 1. The fourth-order valence-electron chi connectivity index (χ4n) is 3.77. The Morgan fingerprint density at radius 1 is 1.10 bits per heavy atom. The van der Waals surface area contributed by atoms with Crippen molar-refractivity contribution < 1.29 is 24.2 Å². The molecule has 6 nitrogen and oxygen atoms in total. The van der Waals surface area contributed by atoms with Crippen LogP contribution in [0.3, 0.4) is 0 Å². The van der Waals surface area contributed by atoms with Crippen molar-refractivity contribution in [2.75, 3.05) is 19.8 Å². The van der Waals surface area contributed by atoms with Gasteiger partial charge < -0.3 is 19.9 Å². The standard InChI is InChI=1S/C23H41NO5/c1-4-28-22(26)11-9-7-6-8-10-20(23(27)29-5-2)24-17-16-21(25)19-14-12-18(3)13-15-19/h6,8,18-21,24-25H,4-5,7,9-17H2,1-3H3/t18-,19-,20?,21?. The van der Waals surface area contributed by atoms with Gasteiger partial charge in [0.1, 0.15) is 6.04 Å². The number of unbranched alkanes of at least 4 members (excludes halogenated alkanes) is 1. The fraction of sp³-hybridized carbons (Fsp3) is 0.826. The molecule has 0 heterocycles.